The van der Waals surface area contributed by atoms with Gasteiger partial charge in [0.1, 0.15) is 0 Å². The van der Waals surface area contributed by atoms with E-state index in [4.69, 9.17) is 0 Å². The second-order valence-corrected chi connectivity index (χ2v) is 10.7. The molecule has 0 heterocycles. The zero-order valence-electron chi connectivity index (χ0n) is 17.5. The Kier molecular flexibility index (Phi) is 4.97. The number of nitrogens with zero attached hydrogens (tertiary/aromatic N) is 1. The van der Waals surface area contributed by atoms with Crippen LogP contribution in [0.1, 0.15) is 50.4 Å². The van der Waals surface area contributed by atoms with Gasteiger partial charge < -0.3 is 0 Å². The monoisotopic (exact) mass is 425 g/mol. The Hall–Kier alpha value is -2.67. The number of rotatable bonds is 5. The molecule has 2 bridgehead atoms. The fourth-order valence-corrected chi connectivity index (χ4v) is 5.84. The smallest absolute Gasteiger partial charge is 0.271 e. The number of amides is 1. The van der Waals surface area contributed by atoms with E-state index >= 15 is 0 Å². The molecule has 0 saturated heterocycles. The maximum Gasteiger partial charge on any atom is 0.271 e. The van der Waals surface area contributed by atoms with Crippen LogP contribution in [0.25, 0.3) is 0 Å². The van der Waals surface area contributed by atoms with Crippen LogP contribution in [-0.2, 0) is 10.0 Å². The highest BCUT2D eigenvalue weighted by molar-refractivity contribution is 7.92. The van der Waals surface area contributed by atoms with Crippen LogP contribution in [0, 0.1) is 16.7 Å². The van der Waals surface area contributed by atoms with E-state index in [1.54, 1.807) is 24.3 Å². The number of para-hydroxylation sites is 1. The van der Waals surface area contributed by atoms with Crippen LogP contribution in [0.5, 0.6) is 0 Å². The van der Waals surface area contributed by atoms with E-state index in [1.165, 1.54) is 30.7 Å². The third kappa shape index (κ3) is 3.41. The highest BCUT2D eigenvalue weighted by Crippen LogP contribution is 2.63. The largest absolute Gasteiger partial charge is 0.280 e. The van der Waals surface area contributed by atoms with Gasteiger partial charge in [0.15, 0.2) is 0 Å². The molecule has 0 spiro atoms. The van der Waals surface area contributed by atoms with Crippen LogP contribution in [0.3, 0.4) is 0 Å². The lowest BCUT2D eigenvalue weighted by Gasteiger charge is -2.34. The Morgan fingerprint density at radius 2 is 1.70 bits per heavy atom. The van der Waals surface area contributed by atoms with Crippen LogP contribution < -0.4 is 10.1 Å². The second-order valence-electron chi connectivity index (χ2n) is 8.99. The van der Waals surface area contributed by atoms with Crippen molar-refractivity contribution in [3.05, 3.63) is 60.2 Å². The molecule has 0 aliphatic heterocycles. The van der Waals surface area contributed by atoms with Crippen molar-refractivity contribution in [1.82, 2.24) is 5.43 Å². The van der Waals surface area contributed by atoms with Crippen molar-refractivity contribution in [2.75, 3.05) is 4.72 Å². The molecule has 158 valence electrons. The Morgan fingerprint density at radius 3 is 2.27 bits per heavy atom. The molecule has 0 aromatic heterocycles. The molecule has 2 aromatic carbocycles. The lowest BCUT2D eigenvalue weighted by molar-refractivity contribution is 0.0953. The van der Waals surface area contributed by atoms with E-state index in [0.717, 1.165) is 18.6 Å². The van der Waals surface area contributed by atoms with Gasteiger partial charge >= 0.3 is 0 Å². The van der Waals surface area contributed by atoms with Gasteiger partial charge in [-0.15, -0.1) is 0 Å². The van der Waals surface area contributed by atoms with Gasteiger partial charge in [0.05, 0.1) is 4.90 Å². The van der Waals surface area contributed by atoms with Crippen molar-refractivity contribution in [1.29, 1.82) is 0 Å². The average molecular weight is 426 g/mol. The van der Waals surface area contributed by atoms with E-state index in [-0.39, 0.29) is 21.6 Å². The van der Waals surface area contributed by atoms with Gasteiger partial charge in [-0.25, -0.2) is 13.8 Å². The maximum absolute atomic E-state index is 12.5. The molecule has 2 aliphatic carbocycles. The Balaban J connectivity index is 1.45. The highest BCUT2D eigenvalue weighted by atomic mass is 32.2. The number of benzene rings is 2. The molecule has 2 aliphatic rings. The number of hydrazone groups is 1. The van der Waals surface area contributed by atoms with Crippen molar-refractivity contribution < 1.29 is 13.2 Å². The molecule has 6 nitrogen and oxygen atoms in total. The topological polar surface area (TPSA) is 87.6 Å². The molecule has 2 aromatic rings. The molecule has 0 radical (unpaired) electrons. The first-order chi connectivity index (χ1) is 14.1. The van der Waals surface area contributed by atoms with E-state index in [1.807, 2.05) is 6.07 Å². The minimum Gasteiger partial charge on any atom is -0.280 e. The number of carbonyl (C=O) groups is 1. The van der Waals surface area contributed by atoms with Crippen LogP contribution in [0.2, 0.25) is 0 Å². The fraction of sp³-hybridized carbons (Fsp3) is 0.391. The minimum absolute atomic E-state index is 0.0198. The number of hydrogen-bond acceptors (Lipinski definition) is 4. The number of fused-ring (bicyclic) bond motifs is 2. The van der Waals surface area contributed by atoms with Gasteiger partial charge in [-0.05, 0) is 67.0 Å². The zero-order valence-corrected chi connectivity index (χ0v) is 18.3. The van der Waals surface area contributed by atoms with Gasteiger partial charge in [-0.3, -0.25) is 9.52 Å². The summed E-state index contributed by atoms with van der Waals surface area (Å²) in [5, 5.41) is 4.46. The summed E-state index contributed by atoms with van der Waals surface area (Å²) in [6.07, 6.45) is 3.23. The van der Waals surface area contributed by atoms with Gasteiger partial charge in [0, 0.05) is 22.4 Å². The summed E-state index contributed by atoms with van der Waals surface area (Å²) >= 11 is 0. The molecule has 7 heteroatoms. The molecule has 2 fully saturated rings. The number of hydrogen-bond donors (Lipinski definition) is 2. The Morgan fingerprint density at radius 1 is 1.03 bits per heavy atom. The third-order valence-electron chi connectivity index (χ3n) is 7.26. The summed E-state index contributed by atoms with van der Waals surface area (Å²) in [7, 11) is -3.72. The first-order valence-corrected chi connectivity index (χ1v) is 11.7. The molecule has 1 amide bonds. The molecule has 4 rings (SSSR count). The number of anilines is 1. The minimum atomic E-state index is -3.72. The number of carbonyl (C=O) groups excluding carboxylic acids is 1. The van der Waals surface area contributed by atoms with Crippen molar-refractivity contribution >= 4 is 27.3 Å². The van der Waals surface area contributed by atoms with E-state index < -0.39 is 10.0 Å². The summed E-state index contributed by atoms with van der Waals surface area (Å²) in [5.74, 6) is 0.270. The Bertz CT molecular complexity index is 1090. The summed E-state index contributed by atoms with van der Waals surface area (Å²) in [6, 6.07) is 14.5. The van der Waals surface area contributed by atoms with E-state index in [0.29, 0.717) is 17.2 Å². The van der Waals surface area contributed by atoms with Crippen molar-refractivity contribution in [2.45, 2.75) is 44.9 Å². The first-order valence-electron chi connectivity index (χ1n) is 10.2. The second kappa shape index (κ2) is 7.23. The predicted octanol–water partition coefficient (Wildman–Crippen LogP) is 4.42. The average Bonchev–Trinajstić information content (AvgIpc) is 3.06. The highest BCUT2D eigenvalue weighted by Gasteiger charge is 2.60. The summed E-state index contributed by atoms with van der Waals surface area (Å²) in [4.78, 5) is 12.6. The zero-order chi connectivity index (χ0) is 21.6. The quantitative estimate of drug-likeness (QED) is 0.695. The Labute approximate surface area is 177 Å². The standard InChI is InChI=1S/C23H27N3O3S/c1-22(2)17-13-14-23(22,3)20(15-17)24-25-21(27)16-9-11-19(12-10-16)30(28,29)26-18-7-5-4-6-8-18/h4-12,17,26H,13-15H2,1-3H3,(H,25,27)/b24-20+/t17-,23+/m1/s1. The van der Waals surface area contributed by atoms with Gasteiger partial charge in [0.2, 0.25) is 0 Å². The molecule has 2 saturated carbocycles. The summed E-state index contributed by atoms with van der Waals surface area (Å²) < 4.78 is 27.6. The van der Waals surface area contributed by atoms with Crippen LogP contribution >= 0.6 is 0 Å². The third-order valence-corrected chi connectivity index (χ3v) is 8.65. The number of sulfonamides is 1. The van der Waals surface area contributed by atoms with Gasteiger partial charge in [-0.1, -0.05) is 39.0 Å². The van der Waals surface area contributed by atoms with E-state index in [2.05, 4.69) is 36.0 Å². The fourth-order valence-electron chi connectivity index (χ4n) is 4.79. The SMILES string of the molecule is CC1(C)[C@@H]2CC[C@@]1(C)/C(=N/NC(=O)c1ccc(S(=O)(=O)Nc3ccccc3)cc1)C2. The molecule has 2 N–H and O–H groups in total. The summed E-state index contributed by atoms with van der Waals surface area (Å²) in [6.45, 7) is 6.82. The maximum atomic E-state index is 12.5. The normalized spacial score (nSPS) is 26.0. The lowest BCUT2D eigenvalue weighted by atomic mass is 9.70. The predicted molar refractivity (Wildman–Crippen MR) is 118 cm³/mol. The van der Waals surface area contributed by atoms with E-state index in [9.17, 15) is 13.2 Å². The molecule has 30 heavy (non-hydrogen) atoms. The molecule has 2 atom stereocenters. The molecular formula is C23H27N3O3S. The van der Waals surface area contributed by atoms with Crippen molar-refractivity contribution in [2.24, 2.45) is 21.8 Å². The van der Waals surface area contributed by atoms with Crippen molar-refractivity contribution in [3.63, 3.8) is 0 Å². The van der Waals surface area contributed by atoms with Crippen molar-refractivity contribution in [3.8, 4) is 0 Å². The lowest BCUT2D eigenvalue weighted by Crippen LogP contribution is -2.34. The van der Waals surface area contributed by atoms with Gasteiger partial charge in [-0.2, -0.15) is 5.10 Å². The van der Waals surface area contributed by atoms with Crippen LogP contribution in [0.15, 0.2) is 64.6 Å². The molecular weight excluding hydrogens is 398 g/mol. The van der Waals surface area contributed by atoms with Crippen LogP contribution in [-0.4, -0.2) is 20.0 Å². The van der Waals surface area contributed by atoms with Crippen LogP contribution in [0.4, 0.5) is 5.69 Å². The van der Waals surface area contributed by atoms with Gasteiger partial charge in [0.25, 0.3) is 15.9 Å². The first kappa shape index (κ1) is 20.6. The summed E-state index contributed by atoms with van der Waals surface area (Å²) in [5.41, 5.74) is 4.79. The molecule has 0 unspecified atom stereocenters. The number of nitrogens with one attached hydrogen (secondary N) is 2.